The lowest BCUT2D eigenvalue weighted by Crippen LogP contribution is -2.39. The van der Waals surface area contributed by atoms with Crippen molar-refractivity contribution in [2.75, 3.05) is 23.7 Å². The highest BCUT2D eigenvalue weighted by Crippen LogP contribution is 2.29. The zero-order chi connectivity index (χ0) is 14.0. The topological polar surface area (TPSA) is 79.7 Å². The monoisotopic (exact) mass is 283 g/mol. The summed E-state index contributed by atoms with van der Waals surface area (Å²) in [6.07, 6.45) is 1.15. The fraction of sp³-hybridized carbons (Fsp3) is 0.667. The molecular formula is C12H21N5OS. The van der Waals surface area contributed by atoms with Crippen molar-refractivity contribution in [1.82, 2.24) is 9.78 Å². The van der Waals surface area contributed by atoms with Crippen LogP contribution in [0.1, 0.15) is 24.6 Å². The van der Waals surface area contributed by atoms with E-state index in [1.165, 1.54) is 0 Å². The van der Waals surface area contributed by atoms with Gasteiger partial charge in [-0.05, 0) is 13.3 Å². The highest BCUT2D eigenvalue weighted by atomic mass is 32.2. The second kappa shape index (κ2) is 5.73. The minimum Gasteiger partial charge on any atom is -0.409 e. The molecule has 1 atom stereocenters. The third kappa shape index (κ3) is 2.65. The van der Waals surface area contributed by atoms with Gasteiger partial charge in [0.1, 0.15) is 5.82 Å². The van der Waals surface area contributed by atoms with Gasteiger partial charge in [-0.15, -0.1) is 0 Å². The molecule has 1 fully saturated rings. The van der Waals surface area contributed by atoms with E-state index >= 15 is 0 Å². The van der Waals surface area contributed by atoms with Crippen molar-refractivity contribution >= 4 is 23.4 Å². The Labute approximate surface area is 117 Å². The molecule has 3 N–H and O–H groups in total. The molecule has 0 saturated carbocycles. The number of nitrogens with zero attached hydrogens (tertiary/aromatic N) is 4. The van der Waals surface area contributed by atoms with Gasteiger partial charge in [-0.3, -0.25) is 4.68 Å². The zero-order valence-corrected chi connectivity index (χ0v) is 12.4. The number of anilines is 1. The standard InChI is InChI=1S/C12H21N5OS/c1-4-9-7-17(5-6-19-9)12-10(11(13)15-18)8(2)14-16(12)3/h9,18H,4-7H2,1-3H3,(H2,13,15). The van der Waals surface area contributed by atoms with Crippen LogP contribution in [0.25, 0.3) is 0 Å². The van der Waals surface area contributed by atoms with Crippen LogP contribution < -0.4 is 10.6 Å². The molecular weight excluding hydrogens is 262 g/mol. The van der Waals surface area contributed by atoms with Crippen molar-refractivity contribution in [1.29, 1.82) is 0 Å². The Balaban J connectivity index is 2.38. The lowest BCUT2D eigenvalue weighted by atomic mass is 10.2. The molecule has 1 aromatic rings. The number of amidine groups is 1. The molecule has 19 heavy (non-hydrogen) atoms. The first-order valence-electron chi connectivity index (χ1n) is 6.46. The molecule has 1 aromatic heterocycles. The Bertz CT molecular complexity index is 485. The number of hydrogen-bond donors (Lipinski definition) is 2. The van der Waals surface area contributed by atoms with E-state index in [-0.39, 0.29) is 5.84 Å². The van der Waals surface area contributed by atoms with Crippen molar-refractivity contribution < 1.29 is 5.21 Å². The predicted molar refractivity (Wildman–Crippen MR) is 79.2 cm³/mol. The molecule has 106 valence electrons. The van der Waals surface area contributed by atoms with Gasteiger partial charge in [0, 0.05) is 31.1 Å². The van der Waals surface area contributed by atoms with Gasteiger partial charge in [-0.25, -0.2) is 0 Å². The summed E-state index contributed by atoms with van der Waals surface area (Å²) in [4.78, 5) is 2.29. The molecule has 0 radical (unpaired) electrons. The van der Waals surface area contributed by atoms with E-state index in [1.54, 1.807) is 0 Å². The first-order chi connectivity index (χ1) is 9.08. The van der Waals surface area contributed by atoms with Crippen molar-refractivity contribution in [3.05, 3.63) is 11.3 Å². The molecule has 2 heterocycles. The summed E-state index contributed by atoms with van der Waals surface area (Å²) in [5.41, 5.74) is 7.33. The van der Waals surface area contributed by atoms with Gasteiger partial charge in [0.2, 0.25) is 0 Å². The molecule has 0 bridgehead atoms. The first kappa shape index (κ1) is 14.0. The van der Waals surface area contributed by atoms with E-state index in [9.17, 15) is 0 Å². The molecule has 1 saturated heterocycles. The molecule has 1 unspecified atom stereocenters. The number of oxime groups is 1. The van der Waals surface area contributed by atoms with Gasteiger partial charge >= 0.3 is 0 Å². The van der Waals surface area contributed by atoms with Crippen LogP contribution in [0.3, 0.4) is 0 Å². The van der Waals surface area contributed by atoms with Crippen LogP contribution in [0.15, 0.2) is 5.16 Å². The fourth-order valence-corrected chi connectivity index (χ4v) is 3.70. The molecule has 7 heteroatoms. The van der Waals surface area contributed by atoms with E-state index in [2.05, 4.69) is 22.1 Å². The number of hydrogen-bond acceptors (Lipinski definition) is 5. The van der Waals surface area contributed by atoms with E-state index in [1.807, 2.05) is 30.4 Å². The number of thioether (sulfide) groups is 1. The van der Waals surface area contributed by atoms with Gasteiger partial charge < -0.3 is 15.8 Å². The van der Waals surface area contributed by atoms with E-state index in [0.717, 1.165) is 42.3 Å². The highest BCUT2D eigenvalue weighted by Gasteiger charge is 2.26. The summed E-state index contributed by atoms with van der Waals surface area (Å²) >= 11 is 2.01. The van der Waals surface area contributed by atoms with Gasteiger partial charge in [0.15, 0.2) is 5.84 Å². The SMILES string of the molecule is CCC1CN(c2c(C(N)=NO)c(C)nn2C)CCS1. The molecule has 0 spiro atoms. The van der Waals surface area contributed by atoms with Crippen LogP contribution >= 0.6 is 11.8 Å². The average Bonchev–Trinajstić information content (AvgIpc) is 2.72. The lowest BCUT2D eigenvalue weighted by Gasteiger charge is -2.33. The van der Waals surface area contributed by atoms with E-state index in [4.69, 9.17) is 10.9 Å². The minimum absolute atomic E-state index is 0.131. The molecule has 0 aromatic carbocycles. The van der Waals surface area contributed by atoms with Crippen LogP contribution in [0.2, 0.25) is 0 Å². The zero-order valence-electron chi connectivity index (χ0n) is 11.6. The van der Waals surface area contributed by atoms with Gasteiger partial charge in [-0.2, -0.15) is 16.9 Å². The Morgan fingerprint density at radius 1 is 1.63 bits per heavy atom. The molecule has 6 nitrogen and oxygen atoms in total. The van der Waals surface area contributed by atoms with E-state index in [0.29, 0.717) is 5.25 Å². The maximum atomic E-state index is 8.95. The van der Waals surface area contributed by atoms with Crippen LogP contribution in [-0.2, 0) is 7.05 Å². The second-order valence-corrected chi connectivity index (χ2v) is 6.15. The minimum atomic E-state index is 0.131. The van der Waals surface area contributed by atoms with Crippen molar-refractivity contribution in [2.45, 2.75) is 25.5 Å². The maximum absolute atomic E-state index is 8.95. The normalized spacial score (nSPS) is 20.9. The predicted octanol–water partition coefficient (Wildman–Crippen LogP) is 1.15. The van der Waals surface area contributed by atoms with Gasteiger partial charge in [0.05, 0.1) is 11.3 Å². The Morgan fingerprint density at radius 2 is 2.37 bits per heavy atom. The highest BCUT2D eigenvalue weighted by molar-refractivity contribution is 8.00. The molecule has 2 rings (SSSR count). The molecule has 1 aliphatic rings. The smallest absolute Gasteiger partial charge is 0.175 e. The Kier molecular flexibility index (Phi) is 4.24. The Morgan fingerprint density at radius 3 is 3.00 bits per heavy atom. The summed E-state index contributed by atoms with van der Waals surface area (Å²) in [5, 5.41) is 17.1. The fourth-order valence-electron chi connectivity index (χ4n) is 2.52. The quantitative estimate of drug-likeness (QED) is 0.376. The van der Waals surface area contributed by atoms with Crippen LogP contribution in [-0.4, -0.2) is 44.9 Å². The third-order valence-corrected chi connectivity index (χ3v) is 4.82. The van der Waals surface area contributed by atoms with Gasteiger partial charge in [0.25, 0.3) is 0 Å². The van der Waals surface area contributed by atoms with Crippen molar-refractivity contribution in [3.63, 3.8) is 0 Å². The molecule has 0 amide bonds. The first-order valence-corrected chi connectivity index (χ1v) is 7.51. The van der Waals surface area contributed by atoms with E-state index < -0.39 is 0 Å². The summed E-state index contributed by atoms with van der Waals surface area (Å²) in [5.74, 6) is 2.18. The van der Waals surface area contributed by atoms with Crippen molar-refractivity contribution in [2.24, 2.45) is 17.9 Å². The van der Waals surface area contributed by atoms with Gasteiger partial charge in [-0.1, -0.05) is 12.1 Å². The largest absolute Gasteiger partial charge is 0.409 e. The summed E-state index contributed by atoms with van der Waals surface area (Å²) in [7, 11) is 1.90. The van der Waals surface area contributed by atoms with Crippen LogP contribution in [0.4, 0.5) is 5.82 Å². The third-order valence-electron chi connectivity index (χ3n) is 3.45. The Hall–Kier alpha value is -1.37. The maximum Gasteiger partial charge on any atom is 0.175 e. The number of rotatable bonds is 3. The van der Waals surface area contributed by atoms with Crippen molar-refractivity contribution in [3.8, 4) is 0 Å². The number of aromatic nitrogens is 2. The summed E-state index contributed by atoms with van der Waals surface area (Å²) < 4.78 is 1.82. The number of nitrogens with two attached hydrogens (primary N) is 1. The summed E-state index contributed by atoms with van der Waals surface area (Å²) in [6.45, 7) is 6.03. The summed E-state index contributed by atoms with van der Waals surface area (Å²) in [6, 6.07) is 0. The number of aryl methyl sites for hydroxylation is 2. The lowest BCUT2D eigenvalue weighted by molar-refractivity contribution is 0.318. The second-order valence-electron chi connectivity index (χ2n) is 4.74. The van der Waals surface area contributed by atoms with Crippen LogP contribution in [0.5, 0.6) is 0 Å². The average molecular weight is 283 g/mol. The van der Waals surface area contributed by atoms with Crippen LogP contribution in [0, 0.1) is 6.92 Å². The molecule has 0 aliphatic carbocycles. The molecule has 1 aliphatic heterocycles.